The number of fused-ring (bicyclic) bond motifs is 1. The van der Waals surface area contributed by atoms with E-state index in [1.165, 1.54) is 6.26 Å². The van der Waals surface area contributed by atoms with Crippen molar-refractivity contribution in [2.45, 2.75) is 0 Å². The monoisotopic (exact) mass is 272 g/mol. The van der Waals surface area contributed by atoms with Gasteiger partial charge in [0, 0.05) is 5.02 Å². The molecule has 0 radical (unpaired) electrons. The van der Waals surface area contributed by atoms with E-state index < -0.39 is 0 Å². The maximum absolute atomic E-state index is 11.6. The van der Waals surface area contributed by atoms with Crippen LogP contribution < -0.4 is 10.4 Å². The van der Waals surface area contributed by atoms with E-state index >= 15 is 0 Å². The lowest BCUT2D eigenvalue weighted by molar-refractivity contribution is 0.482. The second kappa shape index (κ2) is 4.78. The molecule has 0 amide bonds. The fraction of sp³-hybridized carbons (Fsp3) is 0. The first-order valence-electron chi connectivity index (χ1n) is 5.67. The minimum Gasteiger partial charge on any atom is -0.457 e. The first kappa shape index (κ1) is 11.8. The summed E-state index contributed by atoms with van der Waals surface area (Å²) in [5, 5.41) is 1.96. The molecule has 0 atom stereocenters. The summed E-state index contributed by atoms with van der Waals surface area (Å²) in [6.45, 7) is 0. The zero-order chi connectivity index (χ0) is 13.2. The largest absolute Gasteiger partial charge is 0.457 e. The van der Waals surface area contributed by atoms with Crippen LogP contribution in [-0.2, 0) is 0 Å². The fourth-order valence-corrected chi connectivity index (χ4v) is 1.92. The topological polar surface area (TPSA) is 39.4 Å². The molecular weight excluding hydrogens is 264 g/mol. The van der Waals surface area contributed by atoms with E-state index in [0.29, 0.717) is 21.9 Å². The molecule has 1 aromatic heterocycles. The van der Waals surface area contributed by atoms with Gasteiger partial charge in [0.2, 0.25) is 0 Å². The highest BCUT2D eigenvalue weighted by molar-refractivity contribution is 6.30. The van der Waals surface area contributed by atoms with Gasteiger partial charge in [0.1, 0.15) is 11.5 Å². The molecule has 3 aromatic rings. The van der Waals surface area contributed by atoms with Crippen LogP contribution in [0.4, 0.5) is 0 Å². The van der Waals surface area contributed by atoms with Gasteiger partial charge in [0.25, 0.3) is 0 Å². The average molecular weight is 273 g/mol. The molecule has 0 aliphatic carbocycles. The third-order valence-electron chi connectivity index (χ3n) is 2.72. The van der Waals surface area contributed by atoms with Crippen molar-refractivity contribution in [3.05, 3.63) is 70.2 Å². The van der Waals surface area contributed by atoms with Crippen molar-refractivity contribution in [2.75, 3.05) is 0 Å². The average Bonchev–Trinajstić information content (AvgIpc) is 2.42. The van der Waals surface area contributed by atoms with E-state index in [1.54, 1.807) is 42.5 Å². The number of hydrogen-bond donors (Lipinski definition) is 0. The van der Waals surface area contributed by atoms with Crippen LogP contribution in [0.25, 0.3) is 10.8 Å². The van der Waals surface area contributed by atoms with Crippen molar-refractivity contribution in [2.24, 2.45) is 0 Å². The second-order valence-electron chi connectivity index (χ2n) is 4.01. The lowest BCUT2D eigenvalue weighted by atomic mass is 10.2. The predicted molar refractivity (Wildman–Crippen MR) is 74.0 cm³/mol. The Labute approximate surface area is 114 Å². The first-order valence-corrected chi connectivity index (χ1v) is 6.05. The molecule has 0 saturated carbocycles. The highest BCUT2D eigenvalue weighted by Crippen LogP contribution is 2.25. The van der Waals surface area contributed by atoms with E-state index in [-0.39, 0.29) is 5.63 Å². The minimum atomic E-state index is -0.376. The summed E-state index contributed by atoms with van der Waals surface area (Å²) in [6.07, 6.45) is 1.38. The Balaban J connectivity index is 1.99. The second-order valence-corrected chi connectivity index (χ2v) is 4.45. The summed E-state index contributed by atoms with van der Waals surface area (Å²) in [7, 11) is 0. The molecule has 2 aromatic carbocycles. The maximum Gasteiger partial charge on any atom is 0.343 e. The van der Waals surface area contributed by atoms with Crippen LogP contribution in [0.5, 0.6) is 11.5 Å². The molecular formula is C15H9ClO3. The Morgan fingerprint density at radius 2 is 1.68 bits per heavy atom. The van der Waals surface area contributed by atoms with Crippen molar-refractivity contribution in [3.8, 4) is 11.5 Å². The summed E-state index contributed by atoms with van der Waals surface area (Å²) in [4.78, 5) is 11.6. The van der Waals surface area contributed by atoms with Crippen molar-refractivity contribution >= 4 is 22.4 Å². The normalized spacial score (nSPS) is 10.6. The van der Waals surface area contributed by atoms with Crippen molar-refractivity contribution in [1.82, 2.24) is 0 Å². The number of ether oxygens (including phenoxy) is 1. The molecule has 0 aliphatic heterocycles. The van der Waals surface area contributed by atoms with Crippen molar-refractivity contribution < 1.29 is 9.15 Å². The Bertz CT molecular complexity index is 775. The van der Waals surface area contributed by atoms with Crippen LogP contribution in [0.15, 0.2) is 64.0 Å². The third-order valence-corrected chi connectivity index (χ3v) is 2.97. The van der Waals surface area contributed by atoms with Gasteiger partial charge >= 0.3 is 5.63 Å². The van der Waals surface area contributed by atoms with Gasteiger partial charge in [-0.05, 0) is 47.9 Å². The molecule has 0 spiro atoms. The quantitative estimate of drug-likeness (QED) is 0.700. The number of hydrogen-bond acceptors (Lipinski definition) is 3. The molecule has 1 heterocycles. The summed E-state index contributed by atoms with van der Waals surface area (Å²) in [6, 6.07) is 14.0. The zero-order valence-electron chi connectivity index (χ0n) is 9.80. The van der Waals surface area contributed by atoms with Crippen LogP contribution in [0.1, 0.15) is 0 Å². The van der Waals surface area contributed by atoms with Crippen LogP contribution in [0.3, 0.4) is 0 Å². The molecule has 3 nitrogen and oxygen atoms in total. The molecule has 3 rings (SSSR count). The number of halogens is 1. The minimum absolute atomic E-state index is 0.376. The molecule has 94 valence electrons. The smallest absolute Gasteiger partial charge is 0.343 e. The van der Waals surface area contributed by atoms with Gasteiger partial charge in [-0.2, -0.15) is 0 Å². The van der Waals surface area contributed by atoms with Gasteiger partial charge in [-0.25, -0.2) is 4.79 Å². The van der Waals surface area contributed by atoms with E-state index in [2.05, 4.69) is 0 Å². The first-order chi connectivity index (χ1) is 9.22. The zero-order valence-corrected chi connectivity index (χ0v) is 10.6. The fourth-order valence-electron chi connectivity index (χ4n) is 1.79. The van der Waals surface area contributed by atoms with Crippen LogP contribution in [0, 0.1) is 0 Å². The molecule has 0 N–H and O–H groups in total. The van der Waals surface area contributed by atoms with Gasteiger partial charge in [0.05, 0.1) is 11.6 Å². The summed E-state index contributed by atoms with van der Waals surface area (Å²) >= 11 is 5.80. The molecule has 0 aliphatic rings. The van der Waals surface area contributed by atoms with Crippen molar-refractivity contribution in [1.29, 1.82) is 0 Å². The van der Waals surface area contributed by atoms with E-state index in [9.17, 15) is 4.79 Å². The highest BCUT2D eigenvalue weighted by Gasteiger charge is 2.03. The standard InChI is InChI=1S/C15H9ClO3/c16-11-2-5-12(6-3-11)19-13-4-1-10-7-8-18-15(17)14(10)9-13/h1-9H. The predicted octanol–water partition coefficient (Wildman–Crippen LogP) is 4.24. The Morgan fingerprint density at radius 1 is 0.947 bits per heavy atom. The molecule has 0 bridgehead atoms. The van der Waals surface area contributed by atoms with Crippen LogP contribution >= 0.6 is 11.6 Å². The Morgan fingerprint density at radius 3 is 2.47 bits per heavy atom. The molecule has 19 heavy (non-hydrogen) atoms. The van der Waals surface area contributed by atoms with Crippen LogP contribution in [-0.4, -0.2) is 0 Å². The van der Waals surface area contributed by atoms with Gasteiger partial charge in [0.15, 0.2) is 0 Å². The molecule has 4 heteroatoms. The SMILES string of the molecule is O=c1occc2ccc(Oc3ccc(Cl)cc3)cc12. The summed E-state index contributed by atoms with van der Waals surface area (Å²) in [5.41, 5.74) is -0.376. The Hall–Kier alpha value is -2.26. The number of benzene rings is 2. The third kappa shape index (κ3) is 2.46. The van der Waals surface area contributed by atoms with Gasteiger partial charge in [-0.1, -0.05) is 17.7 Å². The van der Waals surface area contributed by atoms with Gasteiger partial charge < -0.3 is 9.15 Å². The van der Waals surface area contributed by atoms with Crippen LogP contribution in [0.2, 0.25) is 5.02 Å². The summed E-state index contributed by atoms with van der Waals surface area (Å²) in [5.74, 6) is 1.23. The van der Waals surface area contributed by atoms with Gasteiger partial charge in [-0.3, -0.25) is 0 Å². The van der Waals surface area contributed by atoms with E-state index in [0.717, 1.165) is 5.39 Å². The molecule has 0 saturated heterocycles. The molecule has 0 fully saturated rings. The van der Waals surface area contributed by atoms with Gasteiger partial charge in [-0.15, -0.1) is 0 Å². The Kier molecular flexibility index (Phi) is 2.97. The molecule has 0 unspecified atom stereocenters. The van der Waals surface area contributed by atoms with E-state index in [4.69, 9.17) is 20.8 Å². The highest BCUT2D eigenvalue weighted by atomic mass is 35.5. The van der Waals surface area contributed by atoms with E-state index in [1.807, 2.05) is 6.07 Å². The summed E-state index contributed by atoms with van der Waals surface area (Å²) < 4.78 is 10.5. The lowest BCUT2D eigenvalue weighted by Gasteiger charge is -2.06. The number of rotatable bonds is 2. The maximum atomic E-state index is 11.6. The van der Waals surface area contributed by atoms with Crippen molar-refractivity contribution in [3.63, 3.8) is 0 Å². The lowest BCUT2D eigenvalue weighted by Crippen LogP contribution is -1.98.